The smallest absolute Gasteiger partial charge is 0.193 e. The molecule has 0 atom stereocenters. The molecular formula is C35H23BN3. The molecule has 0 unspecified atom stereocenters. The molecule has 0 bridgehead atoms. The molecule has 5 aromatic carbocycles. The van der Waals surface area contributed by atoms with E-state index in [0.29, 0.717) is 0 Å². The monoisotopic (exact) mass is 496 g/mol. The van der Waals surface area contributed by atoms with E-state index in [4.69, 9.17) is 9.97 Å². The standard InChI is InChI=1S/C35H23BN3/c1-20-37-29-19-22-11-3-2-10-21(22)18-27(29)35(38-20)39-30-17-9-7-15-26(30)31-23-12-4-5-13-24(23)33-32(34(31)39)25-14-6-8-16-28(25)36-33/h2-17H,18-19H2,1H3. The third-order valence-corrected chi connectivity index (χ3v) is 8.64. The first kappa shape index (κ1) is 21.3. The molecular weight excluding hydrogens is 473 g/mol. The van der Waals surface area contributed by atoms with E-state index in [2.05, 4.69) is 109 Å². The molecule has 3 heterocycles. The molecule has 0 N–H and O–H groups in total. The van der Waals surface area contributed by atoms with E-state index in [0.717, 1.165) is 30.2 Å². The van der Waals surface area contributed by atoms with Crippen molar-refractivity contribution in [2.45, 2.75) is 19.8 Å². The molecule has 0 amide bonds. The van der Waals surface area contributed by atoms with Gasteiger partial charge in [0.25, 0.3) is 0 Å². The Morgan fingerprint density at radius 3 is 2.26 bits per heavy atom. The molecule has 7 aromatic rings. The second-order valence-corrected chi connectivity index (χ2v) is 10.8. The van der Waals surface area contributed by atoms with Gasteiger partial charge >= 0.3 is 0 Å². The first-order valence-corrected chi connectivity index (χ1v) is 13.6. The summed E-state index contributed by atoms with van der Waals surface area (Å²) in [5.74, 6) is 1.83. The molecule has 9 rings (SSSR count). The van der Waals surface area contributed by atoms with Crippen LogP contribution < -0.4 is 10.9 Å². The maximum atomic E-state index is 5.21. The van der Waals surface area contributed by atoms with Crippen LogP contribution in [0.25, 0.3) is 49.5 Å². The van der Waals surface area contributed by atoms with Crippen LogP contribution >= 0.6 is 0 Å². The molecule has 2 aliphatic rings. The summed E-state index contributed by atoms with van der Waals surface area (Å²) in [6.45, 7) is 2.03. The summed E-state index contributed by atoms with van der Waals surface area (Å²) in [7, 11) is 2.37. The second kappa shape index (κ2) is 7.67. The molecule has 1 radical (unpaired) electrons. The molecule has 0 spiro atoms. The van der Waals surface area contributed by atoms with Gasteiger partial charge in [0.1, 0.15) is 11.6 Å². The maximum Gasteiger partial charge on any atom is 0.193 e. The van der Waals surface area contributed by atoms with Gasteiger partial charge in [-0.15, -0.1) is 0 Å². The zero-order valence-electron chi connectivity index (χ0n) is 21.6. The summed E-state index contributed by atoms with van der Waals surface area (Å²) < 4.78 is 2.45. The molecule has 181 valence electrons. The minimum Gasteiger partial charge on any atom is -0.293 e. The van der Waals surface area contributed by atoms with E-state index in [1.165, 1.54) is 71.3 Å². The van der Waals surface area contributed by atoms with E-state index in [1.807, 2.05) is 6.92 Å². The number of rotatable bonds is 1. The Morgan fingerprint density at radius 2 is 1.38 bits per heavy atom. The normalized spacial score (nSPS) is 13.3. The fraction of sp³-hybridized carbons (Fsp3) is 0.0857. The van der Waals surface area contributed by atoms with Crippen molar-refractivity contribution in [1.82, 2.24) is 14.5 Å². The molecule has 4 heteroatoms. The van der Waals surface area contributed by atoms with Crippen molar-refractivity contribution in [3.05, 3.63) is 125 Å². The number of fused-ring (bicyclic) bond motifs is 12. The fourth-order valence-corrected chi connectivity index (χ4v) is 7.02. The largest absolute Gasteiger partial charge is 0.293 e. The Labute approximate surface area is 227 Å². The molecule has 0 fully saturated rings. The van der Waals surface area contributed by atoms with E-state index >= 15 is 0 Å². The van der Waals surface area contributed by atoms with Crippen molar-refractivity contribution in [2.75, 3.05) is 0 Å². The minimum absolute atomic E-state index is 0.818. The second-order valence-electron chi connectivity index (χ2n) is 10.8. The lowest BCUT2D eigenvalue weighted by atomic mass is 9.66. The predicted octanol–water partition coefficient (Wildman–Crippen LogP) is 6.17. The van der Waals surface area contributed by atoms with Gasteiger partial charge in [0.05, 0.1) is 16.7 Å². The quantitative estimate of drug-likeness (QED) is 0.255. The number of benzene rings is 5. The molecule has 39 heavy (non-hydrogen) atoms. The third kappa shape index (κ3) is 2.83. The Balaban J connectivity index is 1.49. The van der Waals surface area contributed by atoms with E-state index in [-0.39, 0.29) is 0 Å². The highest BCUT2D eigenvalue weighted by atomic mass is 15.1. The average molecular weight is 496 g/mol. The zero-order chi connectivity index (χ0) is 25.7. The highest BCUT2D eigenvalue weighted by Gasteiger charge is 2.30. The lowest BCUT2D eigenvalue weighted by molar-refractivity contribution is 0.854. The Bertz CT molecular complexity index is 2170. The van der Waals surface area contributed by atoms with Crippen LogP contribution in [0.4, 0.5) is 0 Å². The van der Waals surface area contributed by atoms with Crippen LogP contribution in [0.1, 0.15) is 28.2 Å². The van der Waals surface area contributed by atoms with Gasteiger partial charge in [0.15, 0.2) is 7.28 Å². The van der Waals surface area contributed by atoms with Crippen molar-refractivity contribution in [2.24, 2.45) is 0 Å². The first-order chi connectivity index (χ1) is 19.3. The topological polar surface area (TPSA) is 30.7 Å². The van der Waals surface area contributed by atoms with Crippen LogP contribution in [0.15, 0.2) is 97.1 Å². The van der Waals surface area contributed by atoms with Crippen molar-refractivity contribution in [1.29, 1.82) is 0 Å². The van der Waals surface area contributed by atoms with Gasteiger partial charge in [-0.3, -0.25) is 4.57 Å². The minimum atomic E-state index is 0.818. The zero-order valence-corrected chi connectivity index (χ0v) is 21.6. The lowest BCUT2D eigenvalue weighted by Gasteiger charge is -2.23. The molecule has 1 aliphatic carbocycles. The predicted molar refractivity (Wildman–Crippen MR) is 161 cm³/mol. The van der Waals surface area contributed by atoms with Gasteiger partial charge in [0.2, 0.25) is 0 Å². The summed E-state index contributed by atoms with van der Waals surface area (Å²) in [5, 5.41) is 5.15. The van der Waals surface area contributed by atoms with Gasteiger partial charge < -0.3 is 0 Å². The summed E-state index contributed by atoms with van der Waals surface area (Å²) >= 11 is 0. The van der Waals surface area contributed by atoms with Crippen molar-refractivity contribution in [3.63, 3.8) is 0 Å². The number of hydrogen-bond donors (Lipinski definition) is 0. The molecule has 3 nitrogen and oxygen atoms in total. The van der Waals surface area contributed by atoms with E-state index in [9.17, 15) is 0 Å². The van der Waals surface area contributed by atoms with Gasteiger partial charge in [-0.25, -0.2) is 9.97 Å². The fourth-order valence-electron chi connectivity index (χ4n) is 7.02. The molecule has 2 aromatic heterocycles. The van der Waals surface area contributed by atoms with Crippen LogP contribution in [0, 0.1) is 6.92 Å². The molecule has 0 saturated heterocycles. The van der Waals surface area contributed by atoms with Gasteiger partial charge in [-0.1, -0.05) is 102 Å². The Kier molecular flexibility index (Phi) is 4.18. The van der Waals surface area contributed by atoms with Crippen LogP contribution in [0.2, 0.25) is 0 Å². The molecule has 0 saturated carbocycles. The van der Waals surface area contributed by atoms with E-state index in [1.54, 1.807) is 0 Å². The SMILES string of the molecule is Cc1nc2c(c(-n3c4ccccc4c4c5ccccc5c5c(c43)-c3ccccc3[B]5)n1)Cc1ccccc1C2. The van der Waals surface area contributed by atoms with Crippen LogP contribution in [-0.4, -0.2) is 21.8 Å². The van der Waals surface area contributed by atoms with Crippen molar-refractivity contribution < 1.29 is 0 Å². The van der Waals surface area contributed by atoms with Gasteiger partial charge in [-0.2, -0.15) is 0 Å². The van der Waals surface area contributed by atoms with E-state index < -0.39 is 0 Å². The van der Waals surface area contributed by atoms with Crippen LogP contribution in [0.5, 0.6) is 0 Å². The summed E-state index contributed by atoms with van der Waals surface area (Å²) in [6.07, 6.45) is 1.68. The summed E-state index contributed by atoms with van der Waals surface area (Å²) in [6, 6.07) is 35.3. The first-order valence-electron chi connectivity index (χ1n) is 13.6. The van der Waals surface area contributed by atoms with Crippen LogP contribution in [0.3, 0.4) is 0 Å². The lowest BCUT2D eigenvalue weighted by Crippen LogP contribution is -2.21. The van der Waals surface area contributed by atoms with Gasteiger partial charge in [-0.05, 0) is 40.5 Å². The average Bonchev–Trinajstić information content (AvgIpc) is 3.52. The number of para-hydroxylation sites is 1. The Morgan fingerprint density at radius 1 is 0.692 bits per heavy atom. The van der Waals surface area contributed by atoms with Crippen LogP contribution in [-0.2, 0) is 12.8 Å². The van der Waals surface area contributed by atoms with Gasteiger partial charge in [0, 0.05) is 34.7 Å². The summed E-state index contributed by atoms with van der Waals surface area (Å²) in [5.41, 5.74) is 12.7. The molecule has 1 aliphatic heterocycles. The Hall–Kier alpha value is -4.70. The highest BCUT2D eigenvalue weighted by Crippen LogP contribution is 2.43. The van der Waals surface area contributed by atoms with Crippen molar-refractivity contribution >= 4 is 50.8 Å². The maximum absolute atomic E-state index is 5.21. The number of aromatic nitrogens is 3. The number of hydrogen-bond acceptors (Lipinski definition) is 2. The highest BCUT2D eigenvalue weighted by molar-refractivity contribution is 6.77. The third-order valence-electron chi connectivity index (χ3n) is 8.64. The summed E-state index contributed by atoms with van der Waals surface area (Å²) in [4.78, 5) is 10.2. The number of nitrogens with zero attached hydrogens (tertiary/aromatic N) is 3. The number of aryl methyl sites for hydroxylation is 1. The van der Waals surface area contributed by atoms with Crippen molar-refractivity contribution in [3.8, 4) is 16.9 Å².